The van der Waals surface area contributed by atoms with Crippen LogP contribution < -0.4 is 15.4 Å². The fourth-order valence-electron chi connectivity index (χ4n) is 2.95. The number of ether oxygens (including phenoxy) is 2. The van der Waals surface area contributed by atoms with Crippen LogP contribution in [0.25, 0.3) is 0 Å². The molecule has 0 saturated heterocycles. The fourth-order valence-corrected chi connectivity index (χ4v) is 2.95. The lowest BCUT2D eigenvalue weighted by atomic mass is 10.1. The Hall–Kier alpha value is -3.64. The number of carbonyl (C=O) groups is 2. The first-order chi connectivity index (χ1) is 15.2. The van der Waals surface area contributed by atoms with Crippen LogP contribution in [0.2, 0.25) is 0 Å². The van der Waals surface area contributed by atoms with E-state index in [9.17, 15) is 9.59 Å². The highest BCUT2D eigenvalue weighted by molar-refractivity contribution is 6.09. The summed E-state index contributed by atoms with van der Waals surface area (Å²) in [5, 5.41) is 5.72. The number of benzene rings is 3. The number of hydrogen-bond donors (Lipinski definition) is 2. The van der Waals surface area contributed by atoms with Gasteiger partial charge in [-0.2, -0.15) is 0 Å². The van der Waals surface area contributed by atoms with Gasteiger partial charge in [-0.1, -0.05) is 48.5 Å². The van der Waals surface area contributed by atoms with Gasteiger partial charge in [-0.05, 0) is 42.8 Å². The third-order valence-corrected chi connectivity index (χ3v) is 4.51. The molecule has 0 aromatic heterocycles. The van der Waals surface area contributed by atoms with Crippen molar-refractivity contribution in [2.24, 2.45) is 0 Å². The summed E-state index contributed by atoms with van der Waals surface area (Å²) in [6, 6.07) is 23.5. The number of carbonyl (C=O) groups excluding carboxylic acids is 2. The second-order valence-corrected chi connectivity index (χ2v) is 6.74. The monoisotopic (exact) mass is 418 g/mol. The van der Waals surface area contributed by atoms with Gasteiger partial charge in [0.1, 0.15) is 12.4 Å². The zero-order valence-electron chi connectivity index (χ0n) is 17.5. The predicted molar refractivity (Wildman–Crippen MR) is 120 cm³/mol. The van der Waals surface area contributed by atoms with Crippen molar-refractivity contribution in [2.75, 3.05) is 25.1 Å². The highest BCUT2D eigenvalue weighted by Crippen LogP contribution is 2.19. The third kappa shape index (κ3) is 6.69. The van der Waals surface area contributed by atoms with Crippen molar-refractivity contribution < 1.29 is 19.1 Å². The summed E-state index contributed by atoms with van der Waals surface area (Å²) in [4.78, 5) is 25.5. The molecule has 0 bridgehead atoms. The summed E-state index contributed by atoms with van der Waals surface area (Å²) >= 11 is 0. The summed E-state index contributed by atoms with van der Waals surface area (Å²) in [5.41, 5.74) is 2.28. The predicted octanol–water partition coefficient (Wildman–Crippen LogP) is 4.28. The first-order valence-corrected chi connectivity index (χ1v) is 10.2. The van der Waals surface area contributed by atoms with E-state index >= 15 is 0 Å². The van der Waals surface area contributed by atoms with E-state index in [-0.39, 0.29) is 11.8 Å². The van der Waals surface area contributed by atoms with Crippen molar-refractivity contribution >= 4 is 17.5 Å². The number of para-hydroxylation sites is 1. The van der Waals surface area contributed by atoms with Gasteiger partial charge in [0.05, 0.1) is 17.9 Å². The molecular formula is C25H26N2O4. The van der Waals surface area contributed by atoms with Gasteiger partial charge in [-0.3, -0.25) is 9.59 Å². The van der Waals surface area contributed by atoms with E-state index in [4.69, 9.17) is 9.47 Å². The molecule has 2 amide bonds. The highest BCUT2D eigenvalue weighted by Gasteiger charge is 2.14. The van der Waals surface area contributed by atoms with Crippen LogP contribution in [-0.2, 0) is 11.3 Å². The Balaban J connectivity index is 1.64. The van der Waals surface area contributed by atoms with E-state index in [1.54, 1.807) is 48.5 Å². The third-order valence-electron chi connectivity index (χ3n) is 4.51. The van der Waals surface area contributed by atoms with Gasteiger partial charge in [0.15, 0.2) is 0 Å². The second kappa shape index (κ2) is 11.5. The second-order valence-electron chi connectivity index (χ2n) is 6.74. The van der Waals surface area contributed by atoms with Gasteiger partial charge in [0.25, 0.3) is 11.8 Å². The van der Waals surface area contributed by atoms with E-state index in [1.807, 2.05) is 37.3 Å². The largest absolute Gasteiger partial charge is 0.491 e. The Labute approximate surface area is 182 Å². The average Bonchev–Trinajstić information content (AvgIpc) is 2.81. The van der Waals surface area contributed by atoms with Crippen molar-refractivity contribution in [3.63, 3.8) is 0 Å². The molecule has 0 radical (unpaired) electrons. The molecule has 6 heteroatoms. The molecule has 160 valence electrons. The zero-order valence-corrected chi connectivity index (χ0v) is 17.5. The lowest BCUT2D eigenvalue weighted by Gasteiger charge is -2.12. The fraction of sp³-hybridized carbons (Fsp3) is 0.200. The van der Waals surface area contributed by atoms with Gasteiger partial charge >= 0.3 is 0 Å². The molecule has 0 heterocycles. The molecule has 31 heavy (non-hydrogen) atoms. The number of nitrogens with one attached hydrogen (secondary N) is 2. The maximum atomic E-state index is 12.8. The zero-order chi connectivity index (χ0) is 21.9. The van der Waals surface area contributed by atoms with Crippen LogP contribution in [0, 0.1) is 0 Å². The first-order valence-electron chi connectivity index (χ1n) is 10.2. The molecule has 0 unspecified atom stereocenters. The summed E-state index contributed by atoms with van der Waals surface area (Å²) in [6.45, 7) is 3.85. The molecular weight excluding hydrogens is 392 g/mol. The maximum absolute atomic E-state index is 12.8. The van der Waals surface area contributed by atoms with Crippen molar-refractivity contribution in [1.29, 1.82) is 0 Å². The van der Waals surface area contributed by atoms with Crippen LogP contribution in [0.4, 0.5) is 5.69 Å². The Morgan fingerprint density at radius 2 is 1.61 bits per heavy atom. The molecule has 0 fully saturated rings. The SMILES string of the molecule is CCOCCOc1cccc(C(=O)Nc2ccccc2C(=O)NCc2ccccc2)c1. The Kier molecular flexibility index (Phi) is 8.20. The molecule has 3 aromatic rings. The van der Waals surface area contributed by atoms with Gasteiger partial charge in [0, 0.05) is 18.7 Å². The smallest absolute Gasteiger partial charge is 0.255 e. The van der Waals surface area contributed by atoms with E-state index < -0.39 is 0 Å². The molecule has 2 N–H and O–H groups in total. The van der Waals surface area contributed by atoms with Crippen molar-refractivity contribution in [3.05, 3.63) is 95.6 Å². The minimum Gasteiger partial charge on any atom is -0.491 e. The van der Waals surface area contributed by atoms with Gasteiger partial charge < -0.3 is 20.1 Å². The first kappa shape index (κ1) is 22.1. The normalized spacial score (nSPS) is 10.4. The van der Waals surface area contributed by atoms with Crippen molar-refractivity contribution in [2.45, 2.75) is 13.5 Å². The van der Waals surface area contributed by atoms with Crippen LogP contribution in [0.1, 0.15) is 33.2 Å². The number of rotatable bonds is 10. The van der Waals surface area contributed by atoms with Crippen LogP contribution in [0.3, 0.4) is 0 Å². The number of amides is 2. The maximum Gasteiger partial charge on any atom is 0.255 e. The van der Waals surface area contributed by atoms with E-state index in [0.717, 1.165) is 5.56 Å². The molecule has 0 spiro atoms. The lowest BCUT2D eigenvalue weighted by molar-refractivity contribution is 0.0951. The van der Waals surface area contributed by atoms with Gasteiger partial charge in [-0.25, -0.2) is 0 Å². The van der Waals surface area contributed by atoms with Crippen LogP contribution in [0.15, 0.2) is 78.9 Å². The molecule has 3 aromatic carbocycles. The molecule has 0 saturated carbocycles. The molecule has 0 aliphatic heterocycles. The quantitative estimate of drug-likeness (QED) is 0.482. The highest BCUT2D eigenvalue weighted by atomic mass is 16.5. The minimum atomic E-state index is -0.321. The van der Waals surface area contributed by atoms with Gasteiger partial charge in [0.2, 0.25) is 0 Å². The summed E-state index contributed by atoms with van der Waals surface area (Å²) in [6.07, 6.45) is 0. The van der Waals surface area contributed by atoms with Crippen molar-refractivity contribution in [3.8, 4) is 5.75 Å². The molecule has 0 atom stereocenters. The number of anilines is 1. The van der Waals surface area contributed by atoms with Crippen LogP contribution in [-0.4, -0.2) is 31.6 Å². The molecule has 0 aliphatic carbocycles. The average molecular weight is 418 g/mol. The van der Waals surface area contributed by atoms with E-state index in [2.05, 4.69) is 10.6 Å². The Bertz CT molecular complexity index is 1010. The van der Waals surface area contributed by atoms with E-state index in [0.29, 0.717) is 48.9 Å². The van der Waals surface area contributed by atoms with Gasteiger partial charge in [-0.15, -0.1) is 0 Å². The minimum absolute atomic E-state index is 0.257. The topological polar surface area (TPSA) is 76.7 Å². The molecule has 3 rings (SSSR count). The lowest BCUT2D eigenvalue weighted by Crippen LogP contribution is -2.24. The van der Waals surface area contributed by atoms with Crippen molar-refractivity contribution in [1.82, 2.24) is 5.32 Å². The number of hydrogen-bond acceptors (Lipinski definition) is 4. The summed E-state index contributed by atoms with van der Waals surface area (Å²) in [5.74, 6) is 0.00701. The van der Waals surface area contributed by atoms with E-state index in [1.165, 1.54) is 0 Å². The van der Waals surface area contributed by atoms with Crippen LogP contribution >= 0.6 is 0 Å². The summed E-state index contributed by atoms with van der Waals surface area (Å²) in [7, 11) is 0. The summed E-state index contributed by atoms with van der Waals surface area (Å²) < 4.78 is 10.9. The molecule has 0 aliphatic rings. The standard InChI is InChI=1S/C25H26N2O4/c1-2-30-15-16-31-21-12-8-11-20(17-21)24(28)27-23-14-7-6-13-22(23)25(29)26-18-19-9-4-3-5-10-19/h3-14,17H,2,15-16,18H2,1H3,(H,26,29)(H,27,28). The Morgan fingerprint density at radius 1 is 0.839 bits per heavy atom. The molecule has 6 nitrogen and oxygen atoms in total. The Morgan fingerprint density at radius 3 is 2.42 bits per heavy atom. The van der Waals surface area contributed by atoms with Crippen LogP contribution in [0.5, 0.6) is 5.75 Å².